The molecule has 4 N–H and O–H groups in total. The molecule has 3 saturated carbocycles. The molecule has 0 bridgehead atoms. The van der Waals surface area contributed by atoms with Crippen molar-refractivity contribution >= 4 is 5.97 Å². The number of aliphatic carboxylic acids is 1. The van der Waals surface area contributed by atoms with E-state index in [2.05, 4.69) is 11.4 Å². The molecule has 0 spiro atoms. The summed E-state index contributed by atoms with van der Waals surface area (Å²) in [6.45, 7) is 0. The van der Waals surface area contributed by atoms with Crippen molar-refractivity contribution in [1.82, 2.24) is 5.32 Å². The fourth-order valence-corrected chi connectivity index (χ4v) is 6.66. The number of rotatable bonds is 7. The van der Waals surface area contributed by atoms with Crippen molar-refractivity contribution in [2.75, 3.05) is 0 Å². The SMILES string of the molecule is O=C(O)C(O)CC(O)/C=C/C1C(C2CC2)NC2CCCCC2C1C1CCC(F)CC1. The van der Waals surface area contributed by atoms with Crippen molar-refractivity contribution in [3.8, 4) is 0 Å². The highest BCUT2D eigenvalue weighted by Crippen LogP contribution is 2.51. The molecule has 4 rings (SSSR count). The van der Waals surface area contributed by atoms with Crippen molar-refractivity contribution in [3.05, 3.63) is 12.2 Å². The molecular formula is C24H38FNO4. The third-order valence-electron chi connectivity index (χ3n) is 8.26. The first-order chi connectivity index (χ1) is 14.4. The minimum atomic E-state index is -1.55. The van der Waals surface area contributed by atoms with Gasteiger partial charge >= 0.3 is 5.97 Å². The molecule has 5 nitrogen and oxygen atoms in total. The molecule has 0 aromatic rings. The Bertz CT molecular complexity index is 616. The number of aliphatic hydroxyl groups is 2. The average molecular weight is 424 g/mol. The van der Waals surface area contributed by atoms with Crippen LogP contribution in [0.1, 0.15) is 70.6 Å². The second-order valence-corrected chi connectivity index (χ2v) is 10.3. The lowest BCUT2D eigenvalue weighted by molar-refractivity contribution is -0.147. The minimum absolute atomic E-state index is 0.191. The Kier molecular flexibility index (Phi) is 7.16. The van der Waals surface area contributed by atoms with Crippen LogP contribution in [-0.2, 0) is 4.79 Å². The van der Waals surface area contributed by atoms with Gasteiger partial charge in [-0.15, -0.1) is 0 Å². The summed E-state index contributed by atoms with van der Waals surface area (Å²) in [5.41, 5.74) is 0. The third kappa shape index (κ3) is 5.08. The van der Waals surface area contributed by atoms with Gasteiger partial charge in [0.2, 0.25) is 0 Å². The first-order valence-corrected chi connectivity index (χ1v) is 12.1. The van der Waals surface area contributed by atoms with Crippen LogP contribution >= 0.6 is 0 Å². The van der Waals surface area contributed by atoms with Crippen molar-refractivity contribution in [2.45, 2.75) is 101 Å². The van der Waals surface area contributed by atoms with Gasteiger partial charge in [0.05, 0.1) is 6.10 Å². The Balaban J connectivity index is 1.55. The monoisotopic (exact) mass is 423 g/mol. The van der Waals surface area contributed by atoms with Gasteiger partial charge in [-0.2, -0.15) is 0 Å². The van der Waals surface area contributed by atoms with Crippen molar-refractivity contribution in [3.63, 3.8) is 0 Å². The third-order valence-corrected chi connectivity index (χ3v) is 8.26. The van der Waals surface area contributed by atoms with E-state index in [-0.39, 0.29) is 12.3 Å². The molecule has 6 heteroatoms. The standard InChI is InChI=1S/C24H38FNO4/c25-16-9-7-14(8-10-16)22-18-3-1-2-4-20(18)26-23(15-5-6-15)19(22)12-11-17(27)13-21(28)24(29)30/h11-12,14-23,26-28H,1-10,13H2,(H,29,30)/b12-11+. The van der Waals surface area contributed by atoms with E-state index < -0.39 is 24.3 Å². The number of alkyl halides is 1. The van der Waals surface area contributed by atoms with Crippen LogP contribution in [0.4, 0.5) is 4.39 Å². The van der Waals surface area contributed by atoms with Crippen LogP contribution in [0.2, 0.25) is 0 Å². The van der Waals surface area contributed by atoms with Gasteiger partial charge in [0, 0.05) is 18.5 Å². The lowest BCUT2D eigenvalue weighted by atomic mass is 9.58. The number of carbonyl (C=O) groups is 1. The van der Waals surface area contributed by atoms with Gasteiger partial charge in [0.15, 0.2) is 6.10 Å². The summed E-state index contributed by atoms with van der Waals surface area (Å²) < 4.78 is 13.9. The number of hydrogen-bond acceptors (Lipinski definition) is 4. The predicted molar refractivity (Wildman–Crippen MR) is 113 cm³/mol. The highest BCUT2D eigenvalue weighted by atomic mass is 19.1. The van der Waals surface area contributed by atoms with E-state index >= 15 is 0 Å². The van der Waals surface area contributed by atoms with Gasteiger partial charge in [-0.05, 0) is 81.0 Å². The molecule has 1 saturated heterocycles. The molecule has 30 heavy (non-hydrogen) atoms. The fraction of sp³-hybridized carbons (Fsp3) is 0.875. The Morgan fingerprint density at radius 3 is 2.33 bits per heavy atom. The highest BCUT2D eigenvalue weighted by Gasteiger charge is 2.51. The average Bonchev–Trinajstić information content (AvgIpc) is 3.57. The van der Waals surface area contributed by atoms with E-state index in [0.29, 0.717) is 48.6 Å². The Morgan fingerprint density at radius 1 is 1.00 bits per heavy atom. The maximum Gasteiger partial charge on any atom is 0.332 e. The molecule has 7 atom stereocenters. The number of piperidine rings is 1. The zero-order valence-electron chi connectivity index (χ0n) is 17.8. The van der Waals surface area contributed by atoms with Crippen LogP contribution in [0.15, 0.2) is 12.2 Å². The second kappa shape index (κ2) is 9.66. The van der Waals surface area contributed by atoms with Crippen molar-refractivity contribution in [2.24, 2.45) is 29.6 Å². The van der Waals surface area contributed by atoms with Gasteiger partial charge in [-0.1, -0.05) is 25.0 Å². The molecule has 4 fully saturated rings. The van der Waals surface area contributed by atoms with Crippen molar-refractivity contribution < 1.29 is 24.5 Å². The summed E-state index contributed by atoms with van der Waals surface area (Å²) in [6, 6.07) is 0.950. The Labute approximate surface area is 179 Å². The van der Waals surface area contributed by atoms with Crippen LogP contribution in [0, 0.1) is 29.6 Å². The number of hydrogen-bond donors (Lipinski definition) is 4. The van der Waals surface area contributed by atoms with E-state index in [1.807, 2.05) is 0 Å². The van der Waals surface area contributed by atoms with Gasteiger partial charge in [0.25, 0.3) is 0 Å². The first kappa shape index (κ1) is 22.2. The smallest absolute Gasteiger partial charge is 0.332 e. The Morgan fingerprint density at radius 2 is 1.67 bits per heavy atom. The quantitative estimate of drug-likeness (QED) is 0.471. The highest BCUT2D eigenvalue weighted by molar-refractivity contribution is 5.71. The fourth-order valence-electron chi connectivity index (χ4n) is 6.66. The molecule has 0 radical (unpaired) electrons. The van der Waals surface area contributed by atoms with Crippen LogP contribution in [0.3, 0.4) is 0 Å². The van der Waals surface area contributed by atoms with Crippen LogP contribution in [0.25, 0.3) is 0 Å². The van der Waals surface area contributed by atoms with Crippen LogP contribution in [0.5, 0.6) is 0 Å². The van der Waals surface area contributed by atoms with Gasteiger partial charge in [0.1, 0.15) is 6.17 Å². The van der Waals surface area contributed by atoms with Crippen LogP contribution in [-0.4, -0.2) is 51.8 Å². The normalized spacial score (nSPS) is 41.9. The summed E-state index contributed by atoms with van der Waals surface area (Å²) in [5, 5.41) is 32.8. The lowest BCUT2D eigenvalue weighted by Gasteiger charge is -2.53. The molecule has 0 amide bonds. The summed E-state index contributed by atoms with van der Waals surface area (Å²) in [7, 11) is 0. The molecular weight excluding hydrogens is 385 g/mol. The zero-order chi connectivity index (χ0) is 21.3. The number of halogens is 1. The van der Waals surface area contributed by atoms with E-state index in [4.69, 9.17) is 5.11 Å². The number of fused-ring (bicyclic) bond motifs is 1. The molecule has 0 aromatic carbocycles. The summed E-state index contributed by atoms with van der Waals surface area (Å²) in [4.78, 5) is 10.9. The van der Waals surface area contributed by atoms with E-state index in [1.54, 1.807) is 6.08 Å². The maximum atomic E-state index is 13.9. The number of aliphatic hydroxyl groups excluding tert-OH is 2. The van der Waals surface area contributed by atoms with E-state index in [9.17, 15) is 19.4 Å². The molecule has 7 unspecified atom stereocenters. The van der Waals surface area contributed by atoms with Crippen LogP contribution < -0.4 is 5.32 Å². The summed E-state index contributed by atoms with van der Waals surface area (Å²) in [6.07, 6.45) is 11.2. The second-order valence-electron chi connectivity index (χ2n) is 10.3. The number of nitrogens with one attached hydrogen (secondary N) is 1. The summed E-state index contributed by atoms with van der Waals surface area (Å²) in [5.74, 6) is 1.29. The molecule has 0 aromatic heterocycles. The van der Waals surface area contributed by atoms with E-state index in [1.165, 1.54) is 38.5 Å². The topological polar surface area (TPSA) is 89.8 Å². The first-order valence-electron chi connectivity index (χ1n) is 12.1. The minimum Gasteiger partial charge on any atom is -0.479 e. The largest absolute Gasteiger partial charge is 0.479 e. The zero-order valence-corrected chi connectivity index (χ0v) is 17.8. The predicted octanol–water partition coefficient (Wildman–Crippen LogP) is 3.44. The number of carboxylic acids is 1. The van der Waals surface area contributed by atoms with Gasteiger partial charge in [-0.25, -0.2) is 9.18 Å². The summed E-state index contributed by atoms with van der Waals surface area (Å²) >= 11 is 0. The number of carboxylic acid groups (broad SMARTS) is 1. The molecule has 4 aliphatic rings. The molecule has 3 aliphatic carbocycles. The molecule has 1 aliphatic heterocycles. The van der Waals surface area contributed by atoms with Gasteiger partial charge in [-0.3, -0.25) is 0 Å². The molecule has 1 heterocycles. The lowest BCUT2D eigenvalue weighted by Crippen LogP contribution is -2.59. The van der Waals surface area contributed by atoms with Crippen molar-refractivity contribution in [1.29, 1.82) is 0 Å². The molecule has 170 valence electrons. The maximum absolute atomic E-state index is 13.9. The van der Waals surface area contributed by atoms with Gasteiger partial charge < -0.3 is 20.6 Å². The van der Waals surface area contributed by atoms with E-state index in [0.717, 1.165) is 12.8 Å². The Hall–Kier alpha value is -0.980.